The molecule has 1 amide bonds. The molecule has 1 aromatic rings. The second kappa shape index (κ2) is 5.33. The summed E-state index contributed by atoms with van der Waals surface area (Å²) in [6.45, 7) is 1.32. The van der Waals surface area contributed by atoms with Gasteiger partial charge in [-0.15, -0.1) is 0 Å². The van der Waals surface area contributed by atoms with Gasteiger partial charge in [0.15, 0.2) is 0 Å². The monoisotopic (exact) mass is 292 g/mol. The van der Waals surface area contributed by atoms with Crippen molar-refractivity contribution in [2.24, 2.45) is 5.92 Å². The first-order valence-corrected chi connectivity index (χ1v) is 6.44. The second-order valence-corrected chi connectivity index (χ2v) is 5.14. The summed E-state index contributed by atoms with van der Waals surface area (Å²) < 4.78 is 0.961. The van der Waals surface area contributed by atoms with E-state index in [2.05, 4.69) is 22.0 Å². The van der Waals surface area contributed by atoms with Crippen LogP contribution in [0.1, 0.15) is 23.2 Å². The van der Waals surface area contributed by atoms with Crippen molar-refractivity contribution in [3.05, 3.63) is 34.3 Å². The van der Waals surface area contributed by atoms with Crippen LogP contribution < -0.4 is 0 Å². The van der Waals surface area contributed by atoms with Crippen LogP contribution in [0.5, 0.6) is 0 Å². The maximum Gasteiger partial charge on any atom is 0.253 e. The van der Waals surface area contributed by atoms with E-state index in [1.54, 1.807) is 4.90 Å². The van der Waals surface area contributed by atoms with Crippen molar-refractivity contribution in [2.45, 2.75) is 12.8 Å². The van der Waals surface area contributed by atoms with Gasteiger partial charge in [0.1, 0.15) is 0 Å². The van der Waals surface area contributed by atoms with Crippen molar-refractivity contribution in [3.8, 4) is 6.07 Å². The summed E-state index contributed by atoms with van der Waals surface area (Å²) in [6.07, 6.45) is 1.82. The van der Waals surface area contributed by atoms with E-state index in [1.807, 2.05) is 24.3 Å². The molecule has 0 aliphatic carbocycles. The Hall–Kier alpha value is -1.34. The zero-order chi connectivity index (χ0) is 12.3. The lowest BCUT2D eigenvalue weighted by Crippen LogP contribution is -2.39. The second-order valence-electron chi connectivity index (χ2n) is 4.23. The molecule has 4 heteroatoms. The van der Waals surface area contributed by atoms with Crippen LogP contribution in [0.2, 0.25) is 0 Å². The molecular weight excluding hydrogens is 280 g/mol. The highest BCUT2D eigenvalue weighted by Crippen LogP contribution is 2.19. The molecule has 0 aromatic heterocycles. The fourth-order valence-electron chi connectivity index (χ4n) is 2.04. The van der Waals surface area contributed by atoms with Crippen molar-refractivity contribution in [3.63, 3.8) is 0 Å². The molecular formula is C13H13BrN2O. The molecule has 0 bridgehead atoms. The van der Waals surface area contributed by atoms with Gasteiger partial charge in [-0.05, 0) is 37.1 Å². The van der Waals surface area contributed by atoms with Gasteiger partial charge in [0.2, 0.25) is 0 Å². The van der Waals surface area contributed by atoms with E-state index in [-0.39, 0.29) is 11.8 Å². The average molecular weight is 293 g/mol. The number of hydrogen-bond donors (Lipinski definition) is 0. The van der Waals surface area contributed by atoms with Gasteiger partial charge in [-0.1, -0.05) is 15.9 Å². The van der Waals surface area contributed by atoms with E-state index in [1.165, 1.54) is 0 Å². The number of carbonyl (C=O) groups excluding carboxylic acids is 1. The van der Waals surface area contributed by atoms with Crippen LogP contribution in [0.25, 0.3) is 0 Å². The molecule has 88 valence electrons. The summed E-state index contributed by atoms with van der Waals surface area (Å²) in [5.41, 5.74) is 0.687. The van der Waals surface area contributed by atoms with E-state index in [9.17, 15) is 4.79 Å². The highest BCUT2D eigenvalue weighted by molar-refractivity contribution is 9.10. The van der Waals surface area contributed by atoms with Crippen LogP contribution >= 0.6 is 15.9 Å². The summed E-state index contributed by atoms with van der Waals surface area (Å²) in [7, 11) is 0. The molecule has 1 aliphatic heterocycles. The van der Waals surface area contributed by atoms with Gasteiger partial charge in [0.05, 0.1) is 12.0 Å². The van der Waals surface area contributed by atoms with E-state index < -0.39 is 0 Å². The quantitative estimate of drug-likeness (QED) is 0.799. The molecule has 1 fully saturated rings. The fraction of sp³-hybridized carbons (Fsp3) is 0.385. The Kier molecular flexibility index (Phi) is 3.80. The minimum Gasteiger partial charge on any atom is -0.337 e. The first-order valence-electron chi connectivity index (χ1n) is 5.65. The predicted molar refractivity (Wildman–Crippen MR) is 68.4 cm³/mol. The number of amides is 1. The van der Waals surface area contributed by atoms with E-state index in [0.29, 0.717) is 12.1 Å². The van der Waals surface area contributed by atoms with Crippen LogP contribution in [0.3, 0.4) is 0 Å². The summed E-state index contributed by atoms with van der Waals surface area (Å²) in [4.78, 5) is 14.0. The number of hydrogen-bond acceptors (Lipinski definition) is 2. The SMILES string of the molecule is N#CC1CCCN(C(=O)c2ccc(Br)cc2)C1. The average Bonchev–Trinajstić information content (AvgIpc) is 2.39. The van der Waals surface area contributed by atoms with Crippen molar-refractivity contribution >= 4 is 21.8 Å². The third-order valence-electron chi connectivity index (χ3n) is 2.98. The zero-order valence-corrected chi connectivity index (χ0v) is 11.0. The molecule has 1 atom stereocenters. The Morgan fingerprint density at radius 3 is 2.76 bits per heavy atom. The molecule has 1 saturated heterocycles. The minimum atomic E-state index is -0.0110. The largest absolute Gasteiger partial charge is 0.337 e. The lowest BCUT2D eigenvalue weighted by atomic mass is 9.99. The molecule has 1 aromatic carbocycles. The molecule has 0 N–H and O–H groups in total. The highest BCUT2D eigenvalue weighted by Gasteiger charge is 2.23. The Morgan fingerprint density at radius 1 is 1.41 bits per heavy atom. The molecule has 17 heavy (non-hydrogen) atoms. The van der Waals surface area contributed by atoms with Crippen LogP contribution in [-0.4, -0.2) is 23.9 Å². The van der Waals surface area contributed by atoms with Crippen molar-refractivity contribution in [1.29, 1.82) is 5.26 Å². The molecule has 1 unspecified atom stereocenters. The molecule has 0 radical (unpaired) electrons. The highest BCUT2D eigenvalue weighted by atomic mass is 79.9. The van der Waals surface area contributed by atoms with Gasteiger partial charge < -0.3 is 4.90 Å². The van der Waals surface area contributed by atoms with Gasteiger partial charge >= 0.3 is 0 Å². The van der Waals surface area contributed by atoms with E-state index >= 15 is 0 Å². The Labute approximate surface area is 109 Å². The molecule has 3 nitrogen and oxygen atoms in total. The lowest BCUT2D eigenvalue weighted by Gasteiger charge is -2.29. The van der Waals surface area contributed by atoms with Gasteiger partial charge in [0.25, 0.3) is 5.91 Å². The van der Waals surface area contributed by atoms with Crippen LogP contribution in [0.4, 0.5) is 0 Å². The van der Waals surface area contributed by atoms with E-state index in [4.69, 9.17) is 5.26 Å². The number of nitriles is 1. The van der Waals surface area contributed by atoms with Crippen molar-refractivity contribution < 1.29 is 4.79 Å². The Balaban J connectivity index is 2.09. The van der Waals surface area contributed by atoms with Gasteiger partial charge in [-0.25, -0.2) is 0 Å². The van der Waals surface area contributed by atoms with E-state index in [0.717, 1.165) is 23.9 Å². The number of likely N-dealkylation sites (tertiary alicyclic amines) is 1. The maximum atomic E-state index is 12.2. The maximum absolute atomic E-state index is 12.2. The molecule has 0 spiro atoms. The Morgan fingerprint density at radius 2 is 2.12 bits per heavy atom. The molecule has 1 heterocycles. The fourth-order valence-corrected chi connectivity index (χ4v) is 2.31. The topological polar surface area (TPSA) is 44.1 Å². The third kappa shape index (κ3) is 2.86. The molecule has 0 saturated carbocycles. The smallest absolute Gasteiger partial charge is 0.253 e. The number of nitrogens with zero attached hydrogens (tertiary/aromatic N) is 2. The van der Waals surface area contributed by atoms with Crippen LogP contribution in [0.15, 0.2) is 28.7 Å². The summed E-state index contributed by atoms with van der Waals surface area (Å²) in [5.74, 6) is 0.0144. The van der Waals surface area contributed by atoms with Crippen molar-refractivity contribution in [1.82, 2.24) is 4.90 Å². The summed E-state index contributed by atoms with van der Waals surface area (Å²) in [5, 5.41) is 8.90. The summed E-state index contributed by atoms with van der Waals surface area (Å²) in [6, 6.07) is 9.58. The molecule has 1 aliphatic rings. The van der Waals surface area contributed by atoms with Crippen LogP contribution in [0, 0.1) is 17.2 Å². The van der Waals surface area contributed by atoms with Crippen LogP contribution in [-0.2, 0) is 0 Å². The van der Waals surface area contributed by atoms with Gasteiger partial charge in [-0.3, -0.25) is 4.79 Å². The number of carbonyl (C=O) groups is 1. The van der Waals surface area contributed by atoms with Gasteiger partial charge in [-0.2, -0.15) is 5.26 Å². The normalized spacial score (nSPS) is 19.8. The Bertz CT molecular complexity index is 449. The first-order chi connectivity index (χ1) is 8.20. The standard InChI is InChI=1S/C13H13BrN2O/c14-12-5-3-11(4-6-12)13(17)16-7-1-2-10(8-15)9-16/h3-6,10H,1-2,7,9H2. The van der Waals surface area contributed by atoms with Gasteiger partial charge in [0, 0.05) is 23.1 Å². The minimum absolute atomic E-state index is 0.0110. The summed E-state index contributed by atoms with van der Waals surface area (Å²) >= 11 is 3.34. The predicted octanol–water partition coefficient (Wildman–Crippen LogP) is 2.82. The number of halogens is 1. The van der Waals surface area contributed by atoms with Crippen molar-refractivity contribution in [2.75, 3.05) is 13.1 Å². The lowest BCUT2D eigenvalue weighted by molar-refractivity contribution is 0.0699. The number of rotatable bonds is 1. The third-order valence-corrected chi connectivity index (χ3v) is 3.51. The number of benzene rings is 1. The zero-order valence-electron chi connectivity index (χ0n) is 9.40. The molecule has 2 rings (SSSR count). The first kappa shape index (κ1) is 12.1. The number of piperidine rings is 1.